The van der Waals surface area contributed by atoms with Gasteiger partial charge in [0, 0.05) is 42.6 Å². The van der Waals surface area contributed by atoms with Crippen molar-refractivity contribution in [1.29, 1.82) is 0 Å². The number of ether oxygens (including phenoxy) is 1. The molecule has 23 heavy (non-hydrogen) atoms. The Morgan fingerprint density at radius 2 is 2.09 bits per heavy atom. The molecule has 0 spiro atoms. The van der Waals surface area contributed by atoms with Gasteiger partial charge in [0.25, 0.3) is 0 Å². The Labute approximate surface area is 143 Å². The molecule has 1 aliphatic heterocycles. The van der Waals surface area contributed by atoms with Gasteiger partial charge in [0.2, 0.25) is 0 Å². The van der Waals surface area contributed by atoms with Crippen LogP contribution >= 0.6 is 11.6 Å². The molecule has 2 aliphatic rings. The molecule has 1 aromatic carbocycles. The zero-order valence-corrected chi connectivity index (χ0v) is 14.9. The Balaban J connectivity index is 1.50. The van der Waals surface area contributed by atoms with E-state index in [0.29, 0.717) is 18.1 Å². The highest BCUT2D eigenvalue weighted by atomic mass is 35.5. The number of nitrogens with zero attached hydrogens (tertiary/aromatic N) is 1. The van der Waals surface area contributed by atoms with E-state index in [1.807, 2.05) is 19.2 Å². The first-order chi connectivity index (χ1) is 11.0. The highest BCUT2D eigenvalue weighted by Crippen LogP contribution is 2.52. The SMILES string of the molecule is CN=C(NCCc1ccc(Cl)cc1)NC1C2CCOC2C1(C)C. The van der Waals surface area contributed by atoms with Crippen molar-refractivity contribution in [2.75, 3.05) is 20.2 Å². The summed E-state index contributed by atoms with van der Waals surface area (Å²) in [6, 6.07) is 8.42. The Morgan fingerprint density at radius 1 is 1.35 bits per heavy atom. The van der Waals surface area contributed by atoms with E-state index in [1.54, 1.807) is 0 Å². The second kappa shape index (κ2) is 6.70. The Kier molecular flexibility index (Phi) is 4.83. The molecular formula is C18H26ClN3O. The fourth-order valence-electron chi connectivity index (χ4n) is 3.94. The topological polar surface area (TPSA) is 45.7 Å². The molecule has 3 rings (SSSR count). The monoisotopic (exact) mass is 335 g/mol. The van der Waals surface area contributed by atoms with Crippen molar-refractivity contribution in [3.63, 3.8) is 0 Å². The normalized spacial score (nSPS) is 28.9. The molecule has 1 heterocycles. The number of benzene rings is 1. The van der Waals surface area contributed by atoms with E-state index >= 15 is 0 Å². The summed E-state index contributed by atoms with van der Waals surface area (Å²) in [7, 11) is 1.83. The summed E-state index contributed by atoms with van der Waals surface area (Å²) in [6.45, 7) is 6.29. The van der Waals surface area contributed by atoms with Crippen LogP contribution in [-0.4, -0.2) is 38.3 Å². The van der Waals surface area contributed by atoms with Gasteiger partial charge in [-0.15, -0.1) is 0 Å². The van der Waals surface area contributed by atoms with Crippen LogP contribution in [0.25, 0.3) is 0 Å². The Hall–Kier alpha value is -1.26. The second-order valence-electron chi connectivity index (χ2n) is 7.06. The van der Waals surface area contributed by atoms with E-state index in [1.165, 1.54) is 5.56 Å². The lowest BCUT2D eigenvalue weighted by molar-refractivity contribution is -0.106. The first kappa shape index (κ1) is 16.6. The van der Waals surface area contributed by atoms with Crippen molar-refractivity contribution in [3.8, 4) is 0 Å². The smallest absolute Gasteiger partial charge is 0.191 e. The summed E-state index contributed by atoms with van der Waals surface area (Å²) in [4.78, 5) is 4.37. The van der Waals surface area contributed by atoms with E-state index in [4.69, 9.17) is 16.3 Å². The largest absolute Gasteiger partial charge is 0.377 e. The van der Waals surface area contributed by atoms with Crippen LogP contribution in [0.1, 0.15) is 25.8 Å². The van der Waals surface area contributed by atoms with Gasteiger partial charge in [0.15, 0.2) is 5.96 Å². The van der Waals surface area contributed by atoms with Crippen molar-refractivity contribution in [3.05, 3.63) is 34.9 Å². The molecule has 5 heteroatoms. The summed E-state index contributed by atoms with van der Waals surface area (Å²) in [5.74, 6) is 1.49. The Morgan fingerprint density at radius 3 is 2.78 bits per heavy atom. The molecule has 3 atom stereocenters. The fraction of sp³-hybridized carbons (Fsp3) is 0.611. The van der Waals surface area contributed by atoms with Crippen LogP contribution < -0.4 is 10.6 Å². The number of nitrogens with one attached hydrogen (secondary N) is 2. The molecule has 2 N–H and O–H groups in total. The first-order valence-corrected chi connectivity index (χ1v) is 8.73. The van der Waals surface area contributed by atoms with Crippen LogP contribution in [-0.2, 0) is 11.2 Å². The van der Waals surface area contributed by atoms with Gasteiger partial charge in [0.1, 0.15) is 0 Å². The molecule has 1 saturated heterocycles. The lowest BCUT2D eigenvalue weighted by Gasteiger charge is -2.54. The minimum atomic E-state index is 0.162. The molecule has 0 aromatic heterocycles. The maximum Gasteiger partial charge on any atom is 0.191 e. The standard InChI is InChI=1S/C18H26ClN3O/c1-18(2)15(14-9-11-23-16(14)18)22-17(20-3)21-10-8-12-4-6-13(19)7-5-12/h4-7,14-16H,8-11H2,1-3H3,(H2,20,21,22). The van der Waals surface area contributed by atoms with Crippen LogP contribution in [0.5, 0.6) is 0 Å². The average Bonchev–Trinajstić information content (AvgIpc) is 2.99. The van der Waals surface area contributed by atoms with Crippen LogP contribution in [0.2, 0.25) is 5.02 Å². The van der Waals surface area contributed by atoms with Gasteiger partial charge < -0.3 is 15.4 Å². The molecule has 0 amide bonds. The van der Waals surface area contributed by atoms with Gasteiger partial charge in [-0.25, -0.2) is 0 Å². The Bertz CT molecular complexity index is 570. The average molecular weight is 336 g/mol. The predicted molar refractivity (Wildman–Crippen MR) is 95.1 cm³/mol. The zero-order valence-electron chi connectivity index (χ0n) is 14.1. The first-order valence-electron chi connectivity index (χ1n) is 8.35. The molecule has 2 fully saturated rings. The van der Waals surface area contributed by atoms with Gasteiger partial charge in [0.05, 0.1) is 6.10 Å². The summed E-state index contributed by atoms with van der Waals surface area (Å²) >= 11 is 5.91. The minimum absolute atomic E-state index is 0.162. The number of guanidine groups is 1. The van der Waals surface area contributed by atoms with Crippen molar-refractivity contribution < 1.29 is 4.74 Å². The van der Waals surface area contributed by atoms with E-state index in [2.05, 4.69) is 41.6 Å². The van der Waals surface area contributed by atoms with Crippen molar-refractivity contribution >= 4 is 17.6 Å². The van der Waals surface area contributed by atoms with Gasteiger partial charge in [-0.1, -0.05) is 37.6 Å². The van der Waals surface area contributed by atoms with E-state index in [-0.39, 0.29) is 5.41 Å². The summed E-state index contributed by atoms with van der Waals surface area (Å²) < 4.78 is 5.85. The molecule has 1 aromatic rings. The van der Waals surface area contributed by atoms with Crippen LogP contribution in [0.3, 0.4) is 0 Å². The highest BCUT2D eigenvalue weighted by molar-refractivity contribution is 6.30. The number of rotatable bonds is 4. The van der Waals surface area contributed by atoms with Crippen molar-refractivity contribution in [2.24, 2.45) is 16.3 Å². The van der Waals surface area contributed by atoms with E-state index in [0.717, 1.165) is 37.0 Å². The summed E-state index contributed by atoms with van der Waals surface area (Å²) in [6.07, 6.45) is 2.49. The van der Waals surface area contributed by atoms with Gasteiger partial charge in [-0.2, -0.15) is 0 Å². The van der Waals surface area contributed by atoms with E-state index < -0.39 is 0 Å². The maximum atomic E-state index is 5.91. The zero-order chi connectivity index (χ0) is 16.4. The molecule has 0 bridgehead atoms. The summed E-state index contributed by atoms with van der Waals surface area (Å²) in [5.41, 5.74) is 1.43. The molecule has 1 saturated carbocycles. The second-order valence-corrected chi connectivity index (χ2v) is 7.50. The molecule has 1 aliphatic carbocycles. The lowest BCUT2D eigenvalue weighted by Crippen LogP contribution is -2.68. The molecule has 126 valence electrons. The molecular weight excluding hydrogens is 310 g/mol. The van der Waals surface area contributed by atoms with Crippen LogP contribution in [0.4, 0.5) is 0 Å². The minimum Gasteiger partial charge on any atom is -0.377 e. The molecule has 3 unspecified atom stereocenters. The third kappa shape index (κ3) is 3.33. The van der Waals surface area contributed by atoms with Gasteiger partial charge in [-0.05, 0) is 30.5 Å². The third-order valence-corrected chi connectivity index (χ3v) is 5.49. The quantitative estimate of drug-likeness (QED) is 0.657. The van der Waals surface area contributed by atoms with Gasteiger partial charge in [-0.3, -0.25) is 4.99 Å². The number of fused-ring (bicyclic) bond motifs is 1. The predicted octanol–water partition coefficient (Wildman–Crippen LogP) is 2.86. The maximum absolute atomic E-state index is 5.91. The number of hydrogen-bond donors (Lipinski definition) is 2. The summed E-state index contributed by atoms with van der Waals surface area (Å²) in [5, 5.41) is 7.79. The highest BCUT2D eigenvalue weighted by Gasteiger charge is 2.59. The van der Waals surface area contributed by atoms with Crippen LogP contribution in [0, 0.1) is 11.3 Å². The number of hydrogen-bond acceptors (Lipinski definition) is 2. The molecule has 4 nitrogen and oxygen atoms in total. The number of aliphatic imine (C=N–C) groups is 1. The molecule has 0 radical (unpaired) electrons. The number of halogens is 1. The van der Waals surface area contributed by atoms with Crippen LogP contribution in [0.15, 0.2) is 29.3 Å². The third-order valence-electron chi connectivity index (χ3n) is 5.24. The van der Waals surface area contributed by atoms with Gasteiger partial charge >= 0.3 is 0 Å². The van der Waals surface area contributed by atoms with E-state index in [9.17, 15) is 0 Å². The fourth-order valence-corrected chi connectivity index (χ4v) is 4.06. The van der Waals surface area contributed by atoms with Crippen molar-refractivity contribution in [1.82, 2.24) is 10.6 Å². The lowest BCUT2D eigenvalue weighted by atomic mass is 9.57. The van der Waals surface area contributed by atoms with Crippen molar-refractivity contribution in [2.45, 2.75) is 38.8 Å².